The average molecular weight is 462 g/mol. The number of nitrogens with one attached hydrogen (secondary N) is 1. The van der Waals surface area contributed by atoms with Gasteiger partial charge in [0.2, 0.25) is 0 Å². The smallest absolute Gasteiger partial charge is 0.282 e. The first-order valence-electron chi connectivity index (χ1n) is 10.6. The van der Waals surface area contributed by atoms with Gasteiger partial charge in [-0.3, -0.25) is 9.59 Å². The Morgan fingerprint density at radius 1 is 0.853 bits per heavy atom. The summed E-state index contributed by atoms with van der Waals surface area (Å²) in [6, 6.07) is 17.1. The summed E-state index contributed by atoms with van der Waals surface area (Å²) >= 11 is 0. The van der Waals surface area contributed by atoms with Crippen LogP contribution in [0, 0.1) is 5.82 Å². The topological polar surface area (TPSA) is 77.1 Å². The van der Waals surface area contributed by atoms with Gasteiger partial charge in [0.05, 0.1) is 37.8 Å². The Labute approximate surface area is 196 Å². The number of imide groups is 1. The molecule has 4 rings (SSSR count). The van der Waals surface area contributed by atoms with E-state index in [-0.39, 0.29) is 11.3 Å². The minimum atomic E-state index is -0.550. The molecule has 2 amide bonds. The lowest BCUT2D eigenvalue weighted by atomic mass is 10.0. The summed E-state index contributed by atoms with van der Waals surface area (Å²) in [4.78, 5) is 28.1. The number of benzene rings is 3. The Morgan fingerprint density at radius 2 is 1.53 bits per heavy atom. The van der Waals surface area contributed by atoms with Crippen LogP contribution in [0.15, 0.2) is 72.4 Å². The summed E-state index contributed by atoms with van der Waals surface area (Å²) in [7, 11) is 3.02. The van der Waals surface area contributed by atoms with Gasteiger partial charge in [0.25, 0.3) is 11.8 Å². The Bertz CT molecular complexity index is 1250. The number of amides is 2. The Kier molecular flexibility index (Phi) is 6.49. The van der Waals surface area contributed by atoms with Crippen molar-refractivity contribution >= 4 is 28.8 Å². The number of ether oxygens (including phenoxy) is 3. The summed E-state index contributed by atoms with van der Waals surface area (Å²) in [5.41, 5.74) is 1.43. The lowest BCUT2D eigenvalue weighted by molar-refractivity contribution is -0.120. The van der Waals surface area contributed by atoms with E-state index in [1.54, 1.807) is 42.5 Å². The normalized spacial score (nSPS) is 13.4. The summed E-state index contributed by atoms with van der Waals surface area (Å²) in [5.74, 6) is 0.0846. The van der Waals surface area contributed by atoms with Gasteiger partial charge in [0.1, 0.15) is 28.8 Å². The summed E-state index contributed by atoms with van der Waals surface area (Å²) in [5, 5.41) is 3.06. The highest BCUT2D eigenvalue weighted by molar-refractivity contribution is 6.46. The van der Waals surface area contributed by atoms with Crippen LogP contribution in [0.5, 0.6) is 17.2 Å². The van der Waals surface area contributed by atoms with Crippen LogP contribution in [0.1, 0.15) is 12.5 Å². The monoisotopic (exact) mass is 462 g/mol. The third-order valence-electron chi connectivity index (χ3n) is 5.29. The molecule has 8 heteroatoms. The maximum Gasteiger partial charge on any atom is 0.282 e. The third kappa shape index (κ3) is 4.30. The molecule has 3 aromatic carbocycles. The summed E-state index contributed by atoms with van der Waals surface area (Å²) in [6.07, 6.45) is 0. The van der Waals surface area contributed by atoms with Crippen molar-refractivity contribution in [1.29, 1.82) is 0 Å². The molecule has 7 nitrogen and oxygen atoms in total. The quantitative estimate of drug-likeness (QED) is 0.492. The van der Waals surface area contributed by atoms with Crippen molar-refractivity contribution in [3.63, 3.8) is 0 Å². The molecule has 0 aliphatic carbocycles. The van der Waals surface area contributed by atoms with Crippen LogP contribution < -0.4 is 24.4 Å². The second-order valence-electron chi connectivity index (χ2n) is 7.32. The van der Waals surface area contributed by atoms with Crippen LogP contribution in [0.25, 0.3) is 5.57 Å². The first kappa shape index (κ1) is 22.8. The molecule has 1 aliphatic heterocycles. The first-order valence-corrected chi connectivity index (χ1v) is 10.6. The zero-order valence-corrected chi connectivity index (χ0v) is 18.9. The third-order valence-corrected chi connectivity index (χ3v) is 5.29. The SMILES string of the molecule is CCOc1ccc(N2C(=O)C(Nc3ccc(OC)cc3OC)=C(c3ccc(F)cc3)C2=O)cc1. The van der Waals surface area contributed by atoms with E-state index in [1.807, 2.05) is 6.92 Å². The predicted molar refractivity (Wildman–Crippen MR) is 127 cm³/mol. The van der Waals surface area contributed by atoms with E-state index in [1.165, 1.54) is 38.5 Å². The van der Waals surface area contributed by atoms with Crippen LogP contribution in [-0.4, -0.2) is 32.6 Å². The van der Waals surface area contributed by atoms with Gasteiger partial charge in [0, 0.05) is 6.07 Å². The first-order chi connectivity index (χ1) is 16.5. The van der Waals surface area contributed by atoms with Crippen LogP contribution in [0.4, 0.5) is 15.8 Å². The lowest BCUT2D eigenvalue weighted by Crippen LogP contribution is -2.32. The van der Waals surface area contributed by atoms with E-state index in [2.05, 4.69) is 5.32 Å². The molecule has 0 unspecified atom stereocenters. The standard InChI is InChI=1S/C26H23FN2O5/c1-4-34-19-11-9-18(10-12-19)29-25(30)23(16-5-7-17(27)8-6-16)24(26(29)31)28-21-14-13-20(32-2)15-22(21)33-3/h5-15,28H,4H2,1-3H3. The summed E-state index contributed by atoms with van der Waals surface area (Å²) < 4.78 is 29.7. The molecule has 0 aromatic heterocycles. The van der Waals surface area contributed by atoms with Crippen molar-refractivity contribution in [1.82, 2.24) is 0 Å². The number of hydrogen-bond acceptors (Lipinski definition) is 6. The molecule has 0 radical (unpaired) electrons. The van der Waals surface area contributed by atoms with Crippen LogP contribution in [0.2, 0.25) is 0 Å². The molecule has 0 spiro atoms. The molecule has 0 saturated carbocycles. The largest absolute Gasteiger partial charge is 0.497 e. The van der Waals surface area contributed by atoms with Crippen molar-refractivity contribution in [3.05, 3.63) is 83.8 Å². The van der Waals surface area contributed by atoms with Crippen molar-refractivity contribution in [2.24, 2.45) is 0 Å². The van der Waals surface area contributed by atoms with Gasteiger partial charge in [-0.05, 0) is 61.0 Å². The van der Waals surface area contributed by atoms with Crippen molar-refractivity contribution in [3.8, 4) is 17.2 Å². The van der Waals surface area contributed by atoms with Crippen LogP contribution in [0.3, 0.4) is 0 Å². The molecule has 1 aliphatic rings. The van der Waals surface area contributed by atoms with E-state index in [4.69, 9.17) is 14.2 Å². The number of carbonyl (C=O) groups excluding carboxylic acids is 2. The highest BCUT2D eigenvalue weighted by Gasteiger charge is 2.40. The summed E-state index contributed by atoms with van der Waals surface area (Å²) in [6.45, 7) is 2.36. The molecule has 1 heterocycles. The average Bonchev–Trinajstić information content (AvgIpc) is 3.09. The van der Waals surface area contributed by atoms with Crippen LogP contribution in [-0.2, 0) is 9.59 Å². The Hall–Kier alpha value is -4.33. The number of hydrogen-bond donors (Lipinski definition) is 1. The van der Waals surface area contributed by atoms with E-state index in [0.29, 0.717) is 40.8 Å². The number of anilines is 2. The van der Waals surface area contributed by atoms with E-state index in [9.17, 15) is 14.0 Å². The predicted octanol–water partition coefficient (Wildman–Crippen LogP) is 4.64. The second kappa shape index (κ2) is 9.66. The van der Waals surface area contributed by atoms with E-state index < -0.39 is 17.6 Å². The van der Waals surface area contributed by atoms with Gasteiger partial charge in [-0.2, -0.15) is 0 Å². The number of methoxy groups -OCH3 is 2. The molecular weight excluding hydrogens is 439 g/mol. The minimum Gasteiger partial charge on any atom is -0.497 e. The van der Waals surface area contributed by atoms with Crippen molar-refractivity contribution in [2.45, 2.75) is 6.92 Å². The molecule has 0 saturated heterocycles. The Balaban J connectivity index is 1.78. The fourth-order valence-electron chi connectivity index (χ4n) is 3.66. The maximum absolute atomic E-state index is 13.6. The van der Waals surface area contributed by atoms with Gasteiger partial charge < -0.3 is 19.5 Å². The lowest BCUT2D eigenvalue weighted by Gasteiger charge is -2.16. The zero-order valence-electron chi connectivity index (χ0n) is 18.9. The van der Waals surface area contributed by atoms with Crippen molar-refractivity contribution < 1.29 is 28.2 Å². The fraction of sp³-hybridized carbons (Fsp3) is 0.154. The van der Waals surface area contributed by atoms with Gasteiger partial charge in [-0.1, -0.05) is 12.1 Å². The molecule has 174 valence electrons. The molecule has 0 fully saturated rings. The van der Waals surface area contributed by atoms with Gasteiger partial charge in [-0.15, -0.1) is 0 Å². The van der Waals surface area contributed by atoms with E-state index in [0.717, 1.165) is 4.90 Å². The fourth-order valence-corrected chi connectivity index (χ4v) is 3.66. The number of nitrogens with zero attached hydrogens (tertiary/aromatic N) is 1. The molecule has 0 atom stereocenters. The minimum absolute atomic E-state index is 0.0500. The molecular formula is C26H23FN2O5. The number of halogens is 1. The van der Waals surface area contributed by atoms with Gasteiger partial charge in [0.15, 0.2) is 0 Å². The number of rotatable bonds is 8. The second-order valence-corrected chi connectivity index (χ2v) is 7.32. The molecule has 3 aromatic rings. The van der Waals surface area contributed by atoms with Crippen molar-refractivity contribution in [2.75, 3.05) is 31.0 Å². The zero-order chi connectivity index (χ0) is 24.2. The molecule has 1 N–H and O–H groups in total. The Morgan fingerprint density at radius 3 is 2.15 bits per heavy atom. The van der Waals surface area contributed by atoms with E-state index >= 15 is 0 Å². The van der Waals surface area contributed by atoms with Gasteiger partial charge in [-0.25, -0.2) is 9.29 Å². The number of carbonyl (C=O) groups is 2. The van der Waals surface area contributed by atoms with Crippen LogP contribution >= 0.6 is 0 Å². The maximum atomic E-state index is 13.6. The highest BCUT2D eigenvalue weighted by atomic mass is 19.1. The van der Waals surface area contributed by atoms with Gasteiger partial charge >= 0.3 is 0 Å². The highest BCUT2D eigenvalue weighted by Crippen LogP contribution is 2.37. The molecule has 34 heavy (non-hydrogen) atoms. The molecule has 0 bridgehead atoms.